The zero-order valence-electron chi connectivity index (χ0n) is 15.9. The first-order chi connectivity index (χ1) is 13.0. The van der Waals surface area contributed by atoms with Gasteiger partial charge in [-0.2, -0.15) is 0 Å². The van der Waals surface area contributed by atoms with Crippen LogP contribution in [0.25, 0.3) is 11.0 Å². The van der Waals surface area contributed by atoms with Crippen molar-refractivity contribution < 1.29 is 9.21 Å². The van der Waals surface area contributed by atoms with Gasteiger partial charge in [0, 0.05) is 37.8 Å². The zero-order valence-corrected chi connectivity index (χ0v) is 15.9. The van der Waals surface area contributed by atoms with Crippen LogP contribution in [0.4, 0.5) is 5.69 Å². The standard InChI is InChI=1S/C22H24N2O3/c1-4-15-7-10-19-17(13-22(26)27-20(19)11-15)14-23-18-8-5-16(6-9-18)12-21(25)24(2)3/h5-11,13,23H,4,12,14H2,1-3H3. The molecule has 0 spiro atoms. The Morgan fingerprint density at radius 3 is 2.41 bits per heavy atom. The Hall–Kier alpha value is -3.08. The molecule has 0 aliphatic rings. The molecule has 0 unspecified atom stereocenters. The number of rotatable bonds is 6. The number of hydrogen-bond acceptors (Lipinski definition) is 4. The van der Waals surface area contributed by atoms with Crippen LogP contribution in [0.3, 0.4) is 0 Å². The van der Waals surface area contributed by atoms with Crippen molar-refractivity contribution in [1.82, 2.24) is 4.90 Å². The van der Waals surface area contributed by atoms with E-state index < -0.39 is 0 Å². The van der Waals surface area contributed by atoms with E-state index in [2.05, 4.69) is 18.3 Å². The number of likely N-dealkylation sites (N-methyl/N-ethyl adjacent to an activating group) is 1. The monoisotopic (exact) mass is 364 g/mol. The van der Waals surface area contributed by atoms with Gasteiger partial charge in [-0.05, 0) is 41.3 Å². The van der Waals surface area contributed by atoms with Crippen LogP contribution < -0.4 is 10.9 Å². The highest BCUT2D eigenvalue weighted by Gasteiger charge is 2.08. The lowest BCUT2D eigenvalue weighted by Gasteiger charge is -2.11. The van der Waals surface area contributed by atoms with Crippen molar-refractivity contribution in [3.8, 4) is 0 Å². The van der Waals surface area contributed by atoms with E-state index in [9.17, 15) is 9.59 Å². The van der Waals surface area contributed by atoms with E-state index in [1.165, 1.54) is 6.07 Å². The molecule has 0 aliphatic carbocycles. The van der Waals surface area contributed by atoms with Gasteiger partial charge in [0.05, 0.1) is 6.42 Å². The van der Waals surface area contributed by atoms with Gasteiger partial charge in [-0.1, -0.05) is 31.2 Å². The number of aryl methyl sites for hydroxylation is 1. The summed E-state index contributed by atoms with van der Waals surface area (Å²) in [7, 11) is 3.50. The van der Waals surface area contributed by atoms with Gasteiger partial charge in [-0.25, -0.2) is 4.79 Å². The van der Waals surface area contributed by atoms with E-state index in [-0.39, 0.29) is 11.5 Å². The largest absolute Gasteiger partial charge is 0.423 e. The molecule has 2 aromatic carbocycles. The molecule has 5 nitrogen and oxygen atoms in total. The molecule has 0 saturated carbocycles. The molecular weight excluding hydrogens is 340 g/mol. The molecule has 3 rings (SSSR count). The molecule has 0 aliphatic heterocycles. The molecule has 1 heterocycles. The predicted molar refractivity (Wildman–Crippen MR) is 108 cm³/mol. The SMILES string of the molecule is CCc1ccc2c(CNc3ccc(CC(=O)N(C)C)cc3)cc(=O)oc2c1. The van der Waals surface area contributed by atoms with Crippen LogP contribution in [0.1, 0.15) is 23.6 Å². The molecule has 0 atom stereocenters. The number of nitrogens with one attached hydrogen (secondary N) is 1. The molecule has 1 N–H and O–H groups in total. The third-order valence-corrected chi connectivity index (χ3v) is 4.59. The van der Waals surface area contributed by atoms with Gasteiger partial charge >= 0.3 is 5.63 Å². The summed E-state index contributed by atoms with van der Waals surface area (Å²) in [5.74, 6) is 0.0737. The summed E-state index contributed by atoms with van der Waals surface area (Å²) >= 11 is 0. The minimum absolute atomic E-state index is 0.0737. The maximum absolute atomic E-state index is 11.9. The summed E-state index contributed by atoms with van der Waals surface area (Å²) in [6, 6.07) is 15.3. The average molecular weight is 364 g/mol. The highest BCUT2D eigenvalue weighted by Crippen LogP contribution is 2.20. The van der Waals surface area contributed by atoms with Crippen molar-refractivity contribution in [3.05, 3.63) is 75.6 Å². The maximum atomic E-state index is 11.9. The van der Waals surface area contributed by atoms with Gasteiger partial charge in [-0.15, -0.1) is 0 Å². The number of carbonyl (C=O) groups is 1. The predicted octanol–water partition coefficient (Wildman–Crippen LogP) is 3.60. The highest BCUT2D eigenvalue weighted by molar-refractivity contribution is 5.81. The fraction of sp³-hybridized carbons (Fsp3) is 0.273. The highest BCUT2D eigenvalue weighted by atomic mass is 16.4. The molecule has 3 aromatic rings. The quantitative estimate of drug-likeness (QED) is 0.679. The second-order valence-corrected chi connectivity index (χ2v) is 6.79. The molecule has 1 aromatic heterocycles. The van der Waals surface area contributed by atoms with Gasteiger partial charge in [0.25, 0.3) is 0 Å². The van der Waals surface area contributed by atoms with Crippen molar-refractivity contribution in [2.75, 3.05) is 19.4 Å². The van der Waals surface area contributed by atoms with Crippen LogP contribution in [0, 0.1) is 0 Å². The molecule has 1 amide bonds. The smallest absolute Gasteiger partial charge is 0.336 e. The van der Waals surface area contributed by atoms with E-state index in [1.807, 2.05) is 36.4 Å². The number of hydrogen-bond donors (Lipinski definition) is 1. The molecule has 5 heteroatoms. The van der Waals surface area contributed by atoms with E-state index in [4.69, 9.17) is 4.42 Å². The van der Waals surface area contributed by atoms with Crippen LogP contribution in [-0.2, 0) is 24.2 Å². The molecule has 0 radical (unpaired) electrons. The molecule has 140 valence electrons. The third-order valence-electron chi connectivity index (χ3n) is 4.59. The Bertz CT molecular complexity index is 1000. The molecule has 0 fully saturated rings. The Kier molecular flexibility index (Phi) is 5.60. The van der Waals surface area contributed by atoms with E-state index in [0.29, 0.717) is 18.5 Å². The van der Waals surface area contributed by atoms with E-state index in [0.717, 1.165) is 34.2 Å². The number of anilines is 1. The Labute approximate surface area is 158 Å². The lowest BCUT2D eigenvalue weighted by molar-refractivity contribution is -0.127. The fourth-order valence-electron chi connectivity index (χ4n) is 2.91. The lowest BCUT2D eigenvalue weighted by Crippen LogP contribution is -2.23. The number of carbonyl (C=O) groups excluding carboxylic acids is 1. The van der Waals surface area contributed by atoms with Crippen LogP contribution in [0.15, 0.2) is 57.7 Å². The Morgan fingerprint density at radius 2 is 1.74 bits per heavy atom. The van der Waals surface area contributed by atoms with Crippen molar-refractivity contribution in [1.29, 1.82) is 0 Å². The third kappa shape index (κ3) is 4.56. The summed E-state index contributed by atoms with van der Waals surface area (Å²) in [5, 5.41) is 4.27. The molecular formula is C22H24N2O3. The summed E-state index contributed by atoms with van der Waals surface area (Å²) < 4.78 is 5.35. The minimum Gasteiger partial charge on any atom is -0.423 e. The first kappa shape index (κ1) is 18.7. The molecule has 0 saturated heterocycles. The van der Waals surface area contributed by atoms with Crippen molar-refractivity contribution in [3.63, 3.8) is 0 Å². The zero-order chi connectivity index (χ0) is 19.4. The first-order valence-electron chi connectivity index (χ1n) is 9.05. The average Bonchev–Trinajstić information content (AvgIpc) is 2.66. The fourth-order valence-corrected chi connectivity index (χ4v) is 2.91. The van der Waals surface area contributed by atoms with Crippen LogP contribution in [0.5, 0.6) is 0 Å². The number of amides is 1. The van der Waals surface area contributed by atoms with Crippen molar-refractivity contribution >= 4 is 22.6 Å². The van der Waals surface area contributed by atoms with Gasteiger partial charge in [0.15, 0.2) is 0 Å². The summed E-state index contributed by atoms with van der Waals surface area (Å²) in [6.45, 7) is 2.59. The topological polar surface area (TPSA) is 62.6 Å². The Balaban J connectivity index is 1.75. The lowest BCUT2D eigenvalue weighted by atomic mass is 10.1. The summed E-state index contributed by atoms with van der Waals surface area (Å²) in [5.41, 5.74) is 4.22. The minimum atomic E-state index is -0.343. The molecule has 0 bridgehead atoms. The maximum Gasteiger partial charge on any atom is 0.336 e. The van der Waals surface area contributed by atoms with E-state index in [1.54, 1.807) is 19.0 Å². The van der Waals surface area contributed by atoms with Gasteiger partial charge in [0.2, 0.25) is 5.91 Å². The van der Waals surface area contributed by atoms with Crippen LogP contribution in [0.2, 0.25) is 0 Å². The van der Waals surface area contributed by atoms with E-state index >= 15 is 0 Å². The second-order valence-electron chi connectivity index (χ2n) is 6.79. The van der Waals surface area contributed by atoms with Gasteiger partial charge in [-0.3, -0.25) is 4.79 Å². The number of benzene rings is 2. The van der Waals surface area contributed by atoms with Gasteiger partial charge in [0.1, 0.15) is 5.58 Å². The summed E-state index contributed by atoms with van der Waals surface area (Å²) in [4.78, 5) is 25.3. The van der Waals surface area contributed by atoms with Crippen molar-refractivity contribution in [2.24, 2.45) is 0 Å². The molecule has 27 heavy (non-hydrogen) atoms. The number of fused-ring (bicyclic) bond motifs is 1. The van der Waals surface area contributed by atoms with Crippen LogP contribution >= 0.6 is 0 Å². The second kappa shape index (κ2) is 8.08. The van der Waals surface area contributed by atoms with Crippen LogP contribution in [-0.4, -0.2) is 24.9 Å². The number of nitrogens with zero attached hydrogens (tertiary/aromatic N) is 1. The first-order valence-corrected chi connectivity index (χ1v) is 9.05. The van der Waals surface area contributed by atoms with Gasteiger partial charge < -0.3 is 14.6 Å². The van der Waals surface area contributed by atoms with Crippen molar-refractivity contribution in [2.45, 2.75) is 26.3 Å². The summed E-state index contributed by atoms with van der Waals surface area (Å²) in [6.07, 6.45) is 1.28. The Morgan fingerprint density at radius 1 is 1.04 bits per heavy atom. The normalized spacial score (nSPS) is 10.8.